The molecule has 26 heavy (non-hydrogen) atoms. The van der Waals surface area contributed by atoms with Gasteiger partial charge in [0.15, 0.2) is 5.82 Å². The molecule has 1 atom stereocenters. The van der Waals surface area contributed by atoms with E-state index in [9.17, 15) is 0 Å². The maximum Gasteiger partial charge on any atom is 0.259 e. The number of rotatable bonds is 5. The minimum Gasteiger partial charge on any atom is -0.366 e. The molecule has 0 radical (unpaired) electrons. The van der Waals surface area contributed by atoms with Gasteiger partial charge in [0.1, 0.15) is 5.82 Å². The first-order chi connectivity index (χ1) is 12.8. The predicted octanol–water partition coefficient (Wildman–Crippen LogP) is 2.91. The molecule has 1 aliphatic rings. The molecule has 0 aromatic carbocycles. The van der Waals surface area contributed by atoms with Crippen LogP contribution >= 0.6 is 0 Å². The highest BCUT2D eigenvalue weighted by Crippen LogP contribution is 2.20. The van der Waals surface area contributed by atoms with Crippen molar-refractivity contribution >= 4 is 5.82 Å². The second-order valence-electron chi connectivity index (χ2n) is 6.62. The fraction of sp³-hybridized carbons (Fsp3) is 0.368. The summed E-state index contributed by atoms with van der Waals surface area (Å²) in [5, 5.41) is 7.35. The third-order valence-corrected chi connectivity index (χ3v) is 4.51. The first kappa shape index (κ1) is 16.7. The molecule has 1 N–H and O–H groups in total. The van der Waals surface area contributed by atoms with Gasteiger partial charge in [-0.2, -0.15) is 4.98 Å². The van der Waals surface area contributed by atoms with E-state index >= 15 is 0 Å². The van der Waals surface area contributed by atoms with Crippen molar-refractivity contribution in [1.82, 2.24) is 25.0 Å². The molecule has 1 saturated heterocycles. The van der Waals surface area contributed by atoms with Crippen LogP contribution in [0, 0.1) is 6.92 Å². The molecular weight excluding hydrogens is 328 g/mol. The average Bonchev–Trinajstić information content (AvgIpc) is 3.10. The van der Waals surface area contributed by atoms with E-state index in [1.165, 1.54) is 6.42 Å². The molecule has 7 nitrogen and oxygen atoms in total. The van der Waals surface area contributed by atoms with E-state index in [-0.39, 0.29) is 0 Å². The lowest BCUT2D eigenvalue weighted by Gasteiger charge is -2.33. The molecule has 4 heterocycles. The van der Waals surface area contributed by atoms with Crippen LogP contribution in [0.3, 0.4) is 0 Å². The van der Waals surface area contributed by atoms with E-state index < -0.39 is 0 Å². The van der Waals surface area contributed by atoms with E-state index in [2.05, 4.69) is 36.4 Å². The minimum absolute atomic E-state index is 0.386. The van der Waals surface area contributed by atoms with E-state index in [0.717, 1.165) is 43.1 Å². The molecule has 0 amide bonds. The summed E-state index contributed by atoms with van der Waals surface area (Å²) in [6.45, 7) is 4.79. The van der Waals surface area contributed by atoms with Crippen LogP contribution in [-0.4, -0.2) is 44.1 Å². The first-order valence-corrected chi connectivity index (χ1v) is 8.92. The maximum absolute atomic E-state index is 5.18. The monoisotopic (exact) mass is 350 g/mol. The molecule has 0 spiro atoms. The SMILES string of the molecule is Cc1noc(-c2ccc(NC3CCCN(Cc4ccccn4)C3)nc2)n1. The fourth-order valence-corrected chi connectivity index (χ4v) is 3.27. The Kier molecular flexibility index (Phi) is 4.88. The van der Waals surface area contributed by atoms with E-state index in [4.69, 9.17) is 4.52 Å². The van der Waals surface area contributed by atoms with Crippen molar-refractivity contribution in [3.8, 4) is 11.5 Å². The van der Waals surface area contributed by atoms with Gasteiger partial charge >= 0.3 is 0 Å². The summed E-state index contributed by atoms with van der Waals surface area (Å²) >= 11 is 0. The Morgan fingerprint density at radius 3 is 2.92 bits per heavy atom. The zero-order valence-corrected chi connectivity index (χ0v) is 14.8. The number of piperidine rings is 1. The normalized spacial score (nSPS) is 18.0. The second-order valence-corrected chi connectivity index (χ2v) is 6.62. The Balaban J connectivity index is 1.36. The van der Waals surface area contributed by atoms with Crippen LogP contribution in [0.2, 0.25) is 0 Å². The van der Waals surface area contributed by atoms with Crippen molar-refractivity contribution in [2.45, 2.75) is 32.4 Å². The van der Waals surface area contributed by atoms with Crippen molar-refractivity contribution in [2.24, 2.45) is 0 Å². The van der Waals surface area contributed by atoms with Crippen LogP contribution < -0.4 is 5.32 Å². The Bertz CT molecular complexity index is 833. The molecule has 7 heteroatoms. The summed E-state index contributed by atoms with van der Waals surface area (Å²) < 4.78 is 5.18. The molecule has 4 rings (SSSR count). The van der Waals surface area contributed by atoms with Crippen molar-refractivity contribution < 1.29 is 4.52 Å². The number of anilines is 1. The van der Waals surface area contributed by atoms with Gasteiger partial charge in [0.05, 0.1) is 11.3 Å². The molecule has 1 aliphatic heterocycles. The first-order valence-electron chi connectivity index (χ1n) is 8.92. The zero-order chi connectivity index (χ0) is 17.8. The number of aryl methyl sites for hydroxylation is 1. The summed E-state index contributed by atoms with van der Waals surface area (Å²) in [7, 11) is 0. The van der Waals surface area contributed by atoms with Gasteiger partial charge in [-0.15, -0.1) is 0 Å². The van der Waals surface area contributed by atoms with Gasteiger partial charge in [0.2, 0.25) is 0 Å². The van der Waals surface area contributed by atoms with Gasteiger partial charge in [-0.05, 0) is 50.6 Å². The molecule has 0 bridgehead atoms. The number of likely N-dealkylation sites (tertiary alicyclic amines) is 1. The number of nitrogens with one attached hydrogen (secondary N) is 1. The molecule has 3 aromatic heterocycles. The highest BCUT2D eigenvalue weighted by molar-refractivity contribution is 5.54. The Morgan fingerprint density at radius 2 is 2.19 bits per heavy atom. The molecular formula is C19H22N6O. The smallest absolute Gasteiger partial charge is 0.259 e. The number of aromatic nitrogens is 4. The van der Waals surface area contributed by atoms with E-state index in [1.54, 1.807) is 13.1 Å². The van der Waals surface area contributed by atoms with Crippen molar-refractivity contribution in [3.05, 3.63) is 54.2 Å². The van der Waals surface area contributed by atoms with Crippen LogP contribution in [0.4, 0.5) is 5.82 Å². The van der Waals surface area contributed by atoms with E-state index in [1.807, 2.05) is 30.5 Å². The summed E-state index contributed by atoms with van der Waals surface area (Å²) in [6, 6.07) is 10.4. The lowest BCUT2D eigenvalue weighted by Crippen LogP contribution is -2.41. The Morgan fingerprint density at radius 1 is 1.23 bits per heavy atom. The van der Waals surface area contributed by atoms with Gasteiger partial charge in [0.25, 0.3) is 5.89 Å². The molecule has 0 aliphatic carbocycles. The minimum atomic E-state index is 0.386. The second kappa shape index (κ2) is 7.61. The predicted molar refractivity (Wildman–Crippen MR) is 98.4 cm³/mol. The molecule has 0 saturated carbocycles. The molecule has 134 valence electrons. The van der Waals surface area contributed by atoms with Crippen molar-refractivity contribution in [1.29, 1.82) is 0 Å². The van der Waals surface area contributed by atoms with Gasteiger partial charge in [-0.3, -0.25) is 9.88 Å². The van der Waals surface area contributed by atoms with Crippen LogP contribution in [-0.2, 0) is 6.54 Å². The summed E-state index contributed by atoms with van der Waals surface area (Å²) in [5.41, 5.74) is 1.95. The molecule has 1 fully saturated rings. The van der Waals surface area contributed by atoms with E-state index in [0.29, 0.717) is 17.8 Å². The summed E-state index contributed by atoms with van der Waals surface area (Å²) in [6.07, 6.45) is 5.93. The van der Waals surface area contributed by atoms with Gasteiger partial charge in [-0.25, -0.2) is 4.98 Å². The summed E-state index contributed by atoms with van der Waals surface area (Å²) in [5.74, 6) is 1.99. The fourth-order valence-electron chi connectivity index (χ4n) is 3.27. The highest BCUT2D eigenvalue weighted by Gasteiger charge is 2.20. The standard InChI is InChI=1S/C19H22N6O/c1-14-22-19(26-24-14)15-7-8-18(21-11-15)23-17-6-4-10-25(13-17)12-16-5-2-3-9-20-16/h2-3,5,7-9,11,17H,4,6,10,12-13H2,1H3,(H,21,23). The van der Waals surface area contributed by atoms with Gasteiger partial charge in [-0.1, -0.05) is 11.2 Å². The van der Waals surface area contributed by atoms with Crippen LogP contribution in [0.1, 0.15) is 24.4 Å². The average molecular weight is 350 g/mol. The Labute approximate surface area is 152 Å². The number of hydrogen-bond acceptors (Lipinski definition) is 7. The third-order valence-electron chi connectivity index (χ3n) is 4.51. The largest absolute Gasteiger partial charge is 0.366 e. The highest BCUT2D eigenvalue weighted by atomic mass is 16.5. The lowest BCUT2D eigenvalue weighted by molar-refractivity contribution is 0.206. The van der Waals surface area contributed by atoms with Crippen LogP contribution in [0.15, 0.2) is 47.2 Å². The maximum atomic E-state index is 5.18. The number of nitrogens with zero attached hydrogens (tertiary/aromatic N) is 5. The topological polar surface area (TPSA) is 80.0 Å². The number of hydrogen-bond donors (Lipinski definition) is 1. The third kappa shape index (κ3) is 4.05. The molecule has 1 unspecified atom stereocenters. The van der Waals surface area contributed by atoms with Crippen molar-refractivity contribution in [2.75, 3.05) is 18.4 Å². The van der Waals surface area contributed by atoms with Crippen molar-refractivity contribution in [3.63, 3.8) is 0 Å². The quantitative estimate of drug-likeness (QED) is 0.758. The Hall–Kier alpha value is -2.80. The zero-order valence-electron chi connectivity index (χ0n) is 14.8. The van der Waals surface area contributed by atoms with Crippen LogP contribution in [0.25, 0.3) is 11.5 Å². The summed E-state index contributed by atoms with van der Waals surface area (Å²) in [4.78, 5) is 15.6. The lowest BCUT2D eigenvalue weighted by atomic mass is 10.1. The van der Waals surface area contributed by atoms with Gasteiger partial charge < -0.3 is 9.84 Å². The van der Waals surface area contributed by atoms with Crippen LogP contribution in [0.5, 0.6) is 0 Å². The number of pyridine rings is 2. The molecule has 3 aromatic rings. The van der Waals surface area contributed by atoms with Gasteiger partial charge in [0, 0.05) is 31.5 Å².